The fourth-order valence-electron chi connectivity index (χ4n) is 1.32. The van der Waals surface area contributed by atoms with E-state index in [0.29, 0.717) is 6.07 Å². The first-order chi connectivity index (χ1) is 8.72. The van der Waals surface area contributed by atoms with Crippen LogP contribution in [0.25, 0.3) is 0 Å². The smallest absolute Gasteiger partial charge is 0.416 e. The second-order valence-corrected chi connectivity index (χ2v) is 3.28. The number of rotatable bonds is 2. The van der Waals surface area contributed by atoms with E-state index in [-0.39, 0.29) is 6.07 Å². The Hall–Kier alpha value is -2.63. The van der Waals surface area contributed by atoms with Gasteiger partial charge in [-0.15, -0.1) is 0 Å². The molecule has 0 amide bonds. The summed E-state index contributed by atoms with van der Waals surface area (Å²) in [6.45, 7) is 0. The molecule has 0 N–H and O–H groups in total. The van der Waals surface area contributed by atoms with E-state index < -0.39 is 39.4 Å². The molecule has 100 valence electrons. The van der Waals surface area contributed by atoms with E-state index in [2.05, 4.69) is 4.74 Å². The summed E-state index contributed by atoms with van der Waals surface area (Å²) >= 11 is 0. The van der Waals surface area contributed by atoms with Gasteiger partial charge in [0.1, 0.15) is 11.6 Å². The predicted octanol–water partition coefficient (Wildman–Crippen LogP) is 2.27. The summed E-state index contributed by atoms with van der Waals surface area (Å²) in [5, 5.41) is 19.4. The Morgan fingerprint density at radius 3 is 2.42 bits per heavy atom. The minimum Gasteiger partial charge on any atom is -0.465 e. The van der Waals surface area contributed by atoms with Crippen molar-refractivity contribution in [3.8, 4) is 6.07 Å². The minimum absolute atomic E-state index is 0.199. The highest BCUT2D eigenvalue weighted by atomic mass is 19.4. The number of hydrogen-bond acceptors (Lipinski definition) is 5. The third kappa shape index (κ3) is 2.79. The third-order valence-electron chi connectivity index (χ3n) is 2.16. The lowest BCUT2D eigenvalue weighted by Gasteiger charge is -2.09. The molecule has 1 aromatic carbocycles. The Morgan fingerprint density at radius 1 is 1.47 bits per heavy atom. The molecular formula is C10H5F3N2O4. The van der Waals surface area contributed by atoms with Crippen LogP contribution in [-0.2, 0) is 10.9 Å². The molecule has 0 radical (unpaired) electrons. The molecule has 0 heterocycles. The van der Waals surface area contributed by atoms with E-state index >= 15 is 0 Å². The molecule has 0 aliphatic rings. The standard InChI is InChI=1S/C10H5F3N2O4/c1-19-9(16)6-2-5(10(11,12)13)3-8(15(17)18)7(6)4-14/h2-3H,1H3. The number of ether oxygens (including phenoxy) is 1. The zero-order valence-electron chi connectivity index (χ0n) is 9.32. The molecule has 0 aliphatic carbocycles. The average molecular weight is 274 g/mol. The van der Waals surface area contributed by atoms with E-state index in [1.807, 2.05) is 0 Å². The zero-order chi connectivity index (χ0) is 14.8. The highest BCUT2D eigenvalue weighted by Crippen LogP contribution is 2.35. The topological polar surface area (TPSA) is 93.2 Å². The first-order valence-electron chi connectivity index (χ1n) is 4.60. The van der Waals surface area contributed by atoms with Crippen molar-refractivity contribution in [1.82, 2.24) is 0 Å². The number of nitrogens with zero attached hydrogens (tertiary/aromatic N) is 2. The van der Waals surface area contributed by atoms with Gasteiger partial charge in [-0.2, -0.15) is 18.4 Å². The summed E-state index contributed by atoms with van der Waals surface area (Å²) in [7, 11) is 0.885. The molecule has 0 spiro atoms. The summed E-state index contributed by atoms with van der Waals surface area (Å²) in [4.78, 5) is 20.8. The number of carbonyl (C=O) groups is 1. The predicted molar refractivity (Wildman–Crippen MR) is 54.2 cm³/mol. The number of alkyl halides is 3. The van der Waals surface area contributed by atoms with Gasteiger partial charge in [0.2, 0.25) is 0 Å². The Balaban J connectivity index is 3.70. The molecule has 0 saturated carbocycles. The lowest BCUT2D eigenvalue weighted by Crippen LogP contribution is -2.12. The molecule has 0 unspecified atom stereocenters. The summed E-state index contributed by atoms with van der Waals surface area (Å²) < 4.78 is 41.9. The van der Waals surface area contributed by atoms with Crippen molar-refractivity contribution in [3.05, 3.63) is 38.9 Å². The van der Waals surface area contributed by atoms with Crippen LogP contribution in [0.1, 0.15) is 21.5 Å². The van der Waals surface area contributed by atoms with Gasteiger partial charge in [-0.1, -0.05) is 0 Å². The normalized spacial score (nSPS) is 10.7. The molecule has 0 aliphatic heterocycles. The van der Waals surface area contributed by atoms with Gasteiger partial charge in [0.15, 0.2) is 0 Å². The van der Waals surface area contributed by atoms with Gasteiger partial charge in [-0.25, -0.2) is 4.79 Å². The largest absolute Gasteiger partial charge is 0.465 e. The van der Waals surface area contributed by atoms with Crippen LogP contribution in [-0.4, -0.2) is 18.0 Å². The van der Waals surface area contributed by atoms with Crippen LogP contribution in [0.3, 0.4) is 0 Å². The molecule has 19 heavy (non-hydrogen) atoms. The highest BCUT2D eigenvalue weighted by molar-refractivity contribution is 5.94. The van der Waals surface area contributed by atoms with Crippen LogP contribution in [0.2, 0.25) is 0 Å². The lowest BCUT2D eigenvalue weighted by atomic mass is 10.0. The van der Waals surface area contributed by atoms with E-state index in [1.165, 1.54) is 6.07 Å². The fourth-order valence-corrected chi connectivity index (χ4v) is 1.32. The summed E-state index contributed by atoms with van der Waals surface area (Å²) in [5.41, 5.74) is -4.08. The van der Waals surface area contributed by atoms with Crippen LogP contribution >= 0.6 is 0 Å². The van der Waals surface area contributed by atoms with Gasteiger partial charge in [0.25, 0.3) is 5.69 Å². The number of methoxy groups -OCH3 is 1. The van der Waals surface area contributed by atoms with Crippen molar-refractivity contribution in [2.75, 3.05) is 7.11 Å². The maximum Gasteiger partial charge on any atom is 0.416 e. The average Bonchev–Trinajstić information content (AvgIpc) is 2.34. The number of nitriles is 1. The van der Waals surface area contributed by atoms with Gasteiger partial charge >= 0.3 is 12.1 Å². The van der Waals surface area contributed by atoms with Crippen molar-refractivity contribution >= 4 is 11.7 Å². The van der Waals surface area contributed by atoms with Gasteiger partial charge < -0.3 is 4.74 Å². The lowest BCUT2D eigenvalue weighted by molar-refractivity contribution is -0.385. The molecule has 0 saturated heterocycles. The summed E-state index contributed by atoms with van der Waals surface area (Å²) in [6, 6.07) is 1.87. The van der Waals surface area contributed by atoms with Crippen LogP contribution < -0.4 is 0 Å². The molecule has 1 aromatic rings. The number of carbonyl (C=O) groups excluding carboxylic acids is 1. The molecule has 1 rings (SSSR count). The Kier molecular flexibility index (Phi) is 3.75. The molecular weight excluding hydrogens is 269 g/mol. The van der Waals surface area contributed by atoms with Crippen molar-refractivity contribution in [3.63, 3.8) is 0 Å². The van der Waals surface area contributed by atoms with Crippen molar-refractivity contribution < 1.29 is 27.6 Å². The van der Waals surface area contributed by atoms with Crippen LogP contribution in [0.15, 0.2) is 12.1 Å². The van der Waals surface area contributed by atoms with Crippen molar-refractivity contribution in [2.45, 2.75) is 6.18 Å². The van der Waals surface area contributed by atoms with E-state index in [9.17, 15) is 28.1 Å². The number of nitro benzene ring substituents is 1. The second-order valence-electron chi connectivity index (χ2n) is 3.28. The highest BCUT2D eigenvalue weighted by Gasteiger charge is 2.36. The van der Waals surface area contributed by atoms with Crippen LogP contribution in [0.5, 0.6) is 0 Å². The zero-order valence-corrected chi connectivity index (χ0v) is 9.32. The molecule has 0 bridgehead atoms. The first kappa shape index (κ1) is 14.4. The SMILES string of the molecule is COC(=O)c1cc(C(F)(F)F)cc([N+](=O)[O-])c1C#N. The molecule has 9 heteroatoms. The van der Waals surface area contributed by atoms with Crippen molar-refractivity contribution in [2.24, 2.45) is 0 Å². The molecule has 0 atom stereocenters. The molecule has 6 nitrogen and oxygen atoms in total. The van der Waals surface area contributed by atoms with E-state index in [0.717, 1.165) is 7.11 Å². The van der Waals surface area contributed by atoms with E-state index in [1.54, 1.807) is 0 Å². The monoisotopic (exact) mass is 274 g/mol. The second kappa shape index (κ2) is 4.93. The van der Waals surface area contributed by atoms with Gasteiger partial charge in [0.05, 0.1) is 23.2 Å². The first-order valence-corrected chi connectivity index (χ1v) is 4.60. The van der Waals surface area contributed by atoms with Crippen molar-refractivity contribution in [1.29, 1.82) is 5.26 Å². The summed E-state index contributed by atoms with van der Waals surface area (Å²) in [5.74, 6) is -1.26. The van der Waals surface area contributed by atoms with Crippen LogP contribution in [0, 0.1) is 21.4 Å². The molecule has 0 aromatic heterocycles. The fraction of sp³-hybridized carbons (Fsp3) is 0.200. The van der Waals surface area contributed by atoms with Gasteiger partial charge in [-0.3, -0.25) is 10.1 Å². The third-order valence-corrected chi connectivity index (χ3v) is 2.16. The Bertz CT molecular complexity index is 590. The van der Waals surface area contributed by atoms with Gasteiger partial charge in [0, 0.05) is 6.07 Å². The number of benzene rings is 1. The maximum absolute atomic E-state index is 12.6. The summed E-state index contributed by atoms with van der Waals surface area (Å²) in [6.07, 6.45) is -4.89. The number of hydrogen-bond donors (Lipinski definition) is 0. The van der Waals surface area contributed by atoms with Gasteiger partial charge in [-0.05, 0) is 6.07 Å². The Morgan fingerprint density at radius 2 is 2.05 bits per heavy atom. The van der Waals surface area contributed by atoms with Crippen LogP contribution in [0.4, 0.5) is 18.9 Å². The number of esters is 1. The Labute approximate surface area is 104 Å². The molecule has 0 fully saturated rings. The minimum atomic E-state index is -4.89. The quantitative estimate of drug-likeness (QED) is 0.468. The van der Waals surface area contributed by atoms with E-state index in [4.69, 9.17) is 5.26 Å². The maximum atomic E-state index is 12.6. The number of nitro groups is 1. The number of halogens is 3.